The normalized spacial score (nSPS) is 19.8. The molecule has 0 aliphatic carbocycles. The second kappa shape index (κ2) is 11.3. The van der Waals surface area contributed by atoms with E-state index in [0.717, 1.165) is 18.9 Å². The highest BCUT2D eigenvalue weighted by Gasteiger charge is 2.48. The fourth-order valence-corrected chi connectivity index (χ4v) is 7.51. The maximum atomic E-state index is 14.2. The molecule has 2 aliphatic heterocycles. The second-order valence-electron chi connectivity index (χ2n) is 13.3. The number of anilines is 2. The van der Waals surface area contributed by atoms with Gasteiger partial charge in [-0.05, 0) is 31.4 Å². The summed E-state index contributed by atoms with van der Waals surface area (Å²) < 4.78 is 9.61. The highest BCUT2D eigenvalue weighted by molar-refractivity contribution is 6.76. The number of amides is 1. The summed E-state index contributed by atoms with van der Waals surface area (Å²) >= 11 is 7.02. The molecule has 2 bridgehead atoms. The van der Waals surface area contributed by atoms with E-state index in [4.69, 9.17) is 26.3 Å². The average Bonchev–Trinajstić information content (AvgIpc) is 3.63. The number of hydrogen-bond donors (Lipinski definition) is 2. The minimum Gasteiger partial charge on any atom is -0.465 e. The zero-order valence-electron chi connectivity index (χ0n) is 26.0. The van der Waals surface area contributed by atoms with Gasteiger partial charge in [-0.15, -0.1) is 0 Å². The molecule has 1 amide bonds. The lowest BCUT2D eigenvalue weighted by molar-refractivity contribution is 0.0899. The number of nitrogens with zero attached hydrogens (tertiary/aromatic N) is 7. The standard InChI is InChI=1S/C30H39ClN8O4Si/c1-36(2)23-14-32-20-9-8-18(25(31)26(20)34-23)19-15-38(16-43-11-12-44(4,5)6)27-24(19)28(40)37(3)29(35-27)39-17-7-10-22(39)21(13-17)33-30(41)42/h8-9,14-15,17,21-22,33H,7,10-13,16H2,1-6H3,(H,41,42)/t17-,21+,22+/m0/s1. The summed E-state index contributed by atoms with van der Waals surface area (Å²) in [5.41, 5.74) is 2.81. The third-order valence-corrected chi connectivity index (χ3v) is 10.9. The maximum absolute atomic E-state index is 14.2. The van der Waals surface area contributed by atoms with Crippen molar-refractivity contribution in [1.29, 1.82) is 0 Å². The molecule has 0 radical (unpaired) electrons. The van der Waals surface area contributed by atoms with Gasteiger partial charge in [0.05, 0.1) is 34.2 Å². The molecular weight excluding hydrogens is 600 g/mol. The molecule has 0 saturated carbocycles. The van der Waals surface area contributed by atoms with Crippen LogP contribution in [-0.4, -0.2) is 82.2 Å². The Morgan fingerprint density at radius 3 is 2.68 bits per heavy atom. The lowest BCUT2D eigenvalue weighted by Crippen LogP contribution is -2.44. The molecule has 3 aromatic heterocycles. The van der Waals surface area contributed by atoms with Crippen molar-refractivity contribution in [3.8, 4) is 11.1 Å². The molecule has 2 saturated heterocycles. The molecule has 0 unspecified atom stereocenters. The molecule has 44 heavy (non-hydrogen) atoms. The maximum Gasteiger partial charge on any atom is 0.404 e. The van der Waals surface area contributed by atoms with Gasteiger partial charge in [0, 0.05) is 59.2 Å². The van der Waals surface area contributed by atoms with Crippen molar-refractivity contribution in [3.05, 3.63) is 39.9 Å². The first-order valence-electron chi connectivity index (χ1n) is 14.9. The van der Waals surface area contributed by atoms with Crippen LogP contribution in [0.2, 0.25) is 30.7 Å². The Hall–Kier alpha value is -3.68. The predicted molar refractivity (Wildman–Crippen MR) is 176 cm³/mol. The molecule has 2 fully saturated rings. The summed E-state index contributed by atoms with van der Waals surface area (Å²) in [6, 6.07) is 4.56. The van der Waals surface area contributed by atoms with Crippen LogP contribution in [-0.2, 0) is 18.5 Å². The molecule has 2 aliphatic rings. The van der Waals surface area contributed by atoms with Crippen molar-refractivity contribution >= 4 is 59.6 Å². The number of carboxylic acid groups (broad SMARTS) is 1. The molecule has 234 valence electrons. The van der Waals surface area contributed by atoms with Crippen LogP contribution >= 0.6 is 11.6 Å². The van der Waals surface area contributed by atoms with Crippen LogP contribution in [0.25, 0.3) is 33.2 Å². The summed E-state index contributed by atoms with van der Waals surface area (Å²) in [6.07, 6.45) is 4.98. The first kappa shape index (κ1) is 30.3. The number of fused-ring (bicyclic) bond motifs is 4. The predicted octanol–water partition coefficient (Wildman–Crippen LogP) is 4.75. The largest absolute Gasteiger partial charge is 0.465 e. The summed E-state index contributed by atoms with van der Waals surface area (Å²) in [4.78, 5) is 44.1. The summed E-state index contributed by atoms with van der Waals surface area (Å²) in [5, 5.41) is 12.9. The van der Waals surface area contributed by atoms with E-state index in [1.54, 1.807) is 17.8 Å². The molecule has 1 aromatic carbocycles. The Kier molecular flexibility index (Phi) is 7.83. The first-order valence-corrected chi connectivity index (χ1v) is 19.0. The van der Waals surface area contributed by atoms with E-state index in [1.165, 1.54) is 0 Å². The number of rotatable bonds is 9. The van der Waals surface area contributed by atoms with E-state index in [0.29, 0.717) is 63.0 Å². The van der Waals surface area contributed by atoms with Crippen LogP contribution in [0.3, 0.4) is 0 Å². The zero-order valence-corrected chi connectivity index (χ0v) is 27.7. The number of nitrogens with one attached hydrogen (secondary N) is 1. The van der Waals surface area contributed by atoms with Crippen molar-refractivity contribution in [2.24, 2.45) is 7.05 Å². The van der Waals surface area contributed by atoms with E-state index in [-0.39, 0.29) is 30.4 Å². The summed E-state index contributed by atoms with van der Waals surface area (Å²) in [5.74, 6) is 1.21. The number of ether oxygens (including phenoxy) is 1. The van der Waals surface area contributed by atoms with Crippen molar-refractivity contribution in [2.45, 2.75) is 69.8 Å². The van der Waals surface area contributed by atoms with Gasteiger partial charge in [0.25, 0.3) is 5.56 Å². The first-order chi connectivity index (χ1) is 20.8. The van der Waals surface area contributed by atoms with Gasteiger partial charge in [0.15, 0.2) is 5.65 Å². The minimum atomic E-state index is -1.30. The molecule has 5 heterocycles. The fourth-order valence-electron chi connectivity index (χ4n) is 6.45. The van der Waals surface area contributed by atoms with Crippen LogP contribution in [0.15, 0.2) is 29.3 Å². The van der Waals surface area contributed by atoms with Gasteiger partial charge >= 0.3 is 6.09 Å². The molecule has 14 heteroatoms. The smallest absolute Gasteiger partial charge is 0.404 e. The lowest BCUT2D eigenvalue weighted by atomic mass is 9.96. The van der Waals surface area contributed by atoms with Crippen molar-refractivity contribution in [2.75, 3.05) is 30.5 Å². The van der Waals surface area contributed by atoms with Crippen LogP contribution in [0.1, 0.15) is 19.3 Å². The molecule has 3 atom stereocenters. The number of aromatic nitrogens is 5. The van der Waals surface area contributed by atoms with Crippen molar-refractivity contribution < 1.29 is 14.6 Å². The summed E-state index contributed by atoms with van der Waals surface area (Å²) in [7, 11) is 4.21. The van der Waals surface area contributed by atoms with Crippen LogP contribution in [0.5, 0.6) is 0 Å². The van der Waals surface area contributed by atoms with Gasteiger partial charge in [-0.2, -0.15) is 4.98 Å². The highest BCUT2D eigenvalue weighted by atomic mass is 35.5. The molecule has 6 rings (SSSR count). The minimum absolute atomic E-state index is 0.0677. The number of carbonyl (C=O) groups is 1. The molecule has 2 N–H and O–H groups in total. The lowest BCUT2D eigenvalue weighted by Gasteiger charge is -2.26. The van der Waals surface area contributed by atoms with Gasteiger partial charge in [0.2, 0.25) is 5.95 Å². The third kappa shape index (κ3) is 5.41. The van der Waals surface area contributed by atoms with Crippen molar-refractivity contribution in [1.82, 2.24) is 29.4 Å². The second-order valence-corrected chi connectivity index (χ2v) is 19.2. The van der Waals surface area contributed by atoms with Crippen LogP contribution < -0.4 is 20.7 Å². The Balaban J connectivity index is 1.49. The van der Waals surface area contributed by atoms with Gasteiger partial charge in [0.1, 0.15) is 18.1 Å². The third-order valence-electron chi connectivity index (χ3n) is 8.77. The van der Waals surface area contributed by atoms with Gasteiger partial charge in [-0.25, -0.2) is 9.78 Å². The Morgan fingerprint density at radius 2 is 1.98 bits per heavy atom. The topological polar surface area (TPSA) is 131 Å². The number of halogens is 1. The quantitative estimate of drug-likeness (QED) is 0.197. The SMILES string of the molecule is CN(C)c1cnc2ccc(-c3cn(COCC[Si](C)(C)C)c4nc(N5[C@H]6CC[C@@H]5[C@H](NC(=O)O)C6)n(C)c(=O)c34)c(Cl)c2n1. The summed E-state index contributed by atoms with van der Waals surface area (Å²) in [6.45, 7) is 7.76. The Morgan fingerprint density at radius 1 is 1.20 bits per heavy atom. The van der Waals surface area contributed by atoms with Gasteiger partial charge in [-0.3, -0.25) is 14.3 Å². The molecule has 12 nitrogen and oxygen atoms in total. The van der Waals surface area contributed by atoms with Gasteiger partial charge in [-0.1, -0.05) is 37.3 Å². The zero-order chi connectivity index (χ0) is 31.5. The highest BCUT2D eigenvalue weighted by Crippen LogP contribution is 2.42. The van der Waals surface area contributed by atoms with E-state index in [1.807, 2.05) is 41.9 Å². The van der Waals surface area contributed by atoms with E-state index >= 15 is 0 Å². The Bertz CT molecular complexity index is 1820. The Labute approximate surface area is 261 Å². The van der Waals surface area contributed by atoms with Crippen molar-refractivity contribution in [3.63, 3.8) is 0 Å². The average molecular weight is 639 g/mol. The molecular formula is C30H39ClN8O4Si. The molecule has 0 spiro atoms. The van der Waals surface area contributed by atoms with E-state index in [9.17, 15) is 14.7 Å². The van der Waals surface area contributed by atoms with E-state index < -0.39 is 14.2 Å². The van der Waals surface area contributed by atoms with Crippen LogP contribution in [0, 0.1) is 0 Å². The number of benzene rings is 1. The monoisotopic (exact) mass is 638 g/mol. The number of hydrogen-bond acceptors (Lipinski definition) is 8. The fraction of sp³-hybridized carbons (Fsp3) is 0.500. The van der Waals surface area contributed by atoms with E-state index in [2.05, 4.69) is 34.8 Å². The van der Waals surface area contributed by atoms with Crippen LogP contribution in [0.4, 0.5) is 16.6 Å². The van der Waals surface area contributed by atoms with Gasteiger partial charge < -0.3 is 29.5 Å². The molecule has 4 aromatic rings.